The number of hydrogen-bond donors (Lipinski definition) is 2. The van der Waals surface area contributed by atoms with Crippen molar-refractivity contribution >= 4 is 18.1 Å². The minimum absolute atomic E-state index is 0.135. The van der Waals surface area contributed by atoms with Crippen molar-refractivity contribution in [1.82, 2.24) is 30.1 Å². The number of imidazole rings is 1. The molecule has 2 unspecified atom stereocenters. The van der Waals surface area contributed by atoms with Gasteiger partial charge in [0, 0.05) is 24.8 Å². The lowest BCUT2D eigenvalue weighted by molar-refractivity contribution is -0.125. The molecule has 5 rings (SSSR count). The molecule has 2 aliphatic heterocycles. The number of hydrogen-bond acceptors (Lipinski definition) is 7. The SMILES string of the molecule is CC(C)(C)OC(=O)N1CCCC1C(=O)NCc1ccc(-c2ccc(-c3cnc(C4CCCN4C(=O)OC(C)(C)C)[nH]3)cc2)cn1. The second-order valence-electron chi connectivity index (χ2n) is 13.7. The molecule has 2 aromatic heterocycles. The van der Waals surface area contributed by atoms with E-state index in [4.69, 9.17) is 9.47 Å². The highest BCUT2D eigenvalue weighted by Crippen LogP contribution is 2.33. The Balaban J connectivity index is 1.17. The van der Waals surface area contributed by atoms with E-state index in [1.54, 1.807) is 17.3 Å². The highest BCUT2D eigenvalue weighted by Gasteiger charge is 2.37. The van der Waals surface area contributed by atoms with Crippen LogP contribution in [0.1, 0.15) is 84.8 Å². The van der Waals surface area contributed by atoms with Gasteiger partial charge in [0.25, 0.3) is 0 Å². The van der Waals surface area contributed by atoms with E-state index >= 15 is 0 Å². The molecule has 11 heteroatoms. The summed E-state index contributed by atoms with van der Waals surface area (Å²) in [5.74, 6) is 0.557. The Bertz CT molecular complexity index is 1500. The largest absolute Gasteiger partial charge is 0.444 e. The molecule has 0 bridgehead atoms. The minimum Gasteiger partial charge on any atom is -0.444 e. The average Bonchev–Trinajstić information content (AvgIpc) is 3.75. The number of aromatic nitrogens is 3. The third kappa shape index (κ3) is 8.01. The number of carbonyl (C=O) groups is 3. The monoisotopic (exact) mass is 616 g/mol. The van der Waals surface area contributed by atoms with Gasteiger partial charge in [-0.2, -0.15) is 0 Å². The molecule has 2 atom stereocenters. The first-order valence-electron chi connectivity index (χ1n) is 15.6. The predicted octanol–water partition coefficient (Wildman–Crippen LogP) is 6.23. The van der Waals surface area contributed by atoms with Crippen molar-refractivity contribution in [2.45, 2.75) is 97.1 Å². The molecule has 2 aliphatic rings. The summed E-state index contributed by atoms with van der Waals surface area (Å²) in [5, 5.41) is 2.93. The summed E-state index contributed by atoms with van der Waals surface area (Å²) in [5.41, 5.74) is 3.39. The lowest BCUT2D eigenvalue weighted by atomic mass is 10.0. The van der Waals surface area contributed by atoms with Gasteiger partial charge in [-0.15, -0.1) is 0 Å². The molecule has 45 heavy (non-hydrogen) atoms. The van der Waals surface area contributed by atoms with Crippen LogP contribution in [0.4, 0.5) is 9.59 Å². The minimum atomic E-state index is -0.614. The quantitative estimate of drug-likeness (QED) is 0.336. The van der Waals surface area contributed by atoms with E-state index in [0.29, 0.717) is 19.5 Å². The summed E-state index contributed by atoms with van der Waals surface area (Å²) >= 11 is 0. The van der Waals surface area contributed by atoms with Gasteiger partial charge in [0.05, 0.1) is 30.2 Å². The Kier molecular flexibility index (Phi) is 9.18. The summed E-state index contributed by atoms with van der Waals surface area (Å²) < 4.78 is 11.1. The van der Waals surface area contributed by atoms with Crippen LogP contribution in [0.5, 0.6) is 0 Å². The second-order valence-corrected chi connectivity index (χ2v) is 13.7. The van der Waals surface area contributed by atoms with Crippen LogP contribution in [0.3, 0.4) is 0 Å². The molecule has 0 spiro atoms. The van der Waals surface area contributed by atoms with Crippen molar-refractivity contribution in [3.8, 4) is 22.4 Å². The predicted molar refractivity (Wildman–Crippen MR) is 170 cm³/mol. The van der Waals surface area contributed by atoms with Crippen molar-refractivity contribution in [3.05, 3.63) is 60.3 Å². The molecule has 240 valence electrons. The number of pyridine rings is 1. The zero-order valence-electron chi connectivity index (χ0n) is 27.1. The molecule has 0 saturated carbocycles. The fraction of sp³-hybridized carbons (Fsp3) is 0.500. The number of likely N-dealkylation sites (tertiary alicyclic amines) is 2. The highest BCUT2D eigenvalue weighted by atomic mass is 16.6. The van der Waals surface area contributed by atoms with E-state index < -0.39 is 23.3 Å². The first-order valence-corrected chi connectivity index (χ1v) is 15.6. The fourth-order valence-electron chi connectivity index (χ4n) is 5.66. The van der Waals surface area contributed by atoms with Crippen LogP contribution in [0.15, 0.2) is 48.8 Å². The Morgan fingerprint density at radius 3 is 2.04 bits per heavy atom. The van der Waals surface area contributed by atoms with Gasteiger partial charge in [-0.1, -0.05) is 30.3 Å². The van der Waals surface area contributed by atoms with Crippen molar-refractivity contribution in [2.24, 2.45) is 0 Å². The van der Waals surface area contributed by atoms with Crippen molar-refractivity contribution in [2.75, 3.05) is 13.1 Å². The maximum atomic E-state index is 12.9. The molecule has 2 saturated heterocycles. The van der Waals surface area contributed by atoms with E-state index in [-0.39, 0.29) is 24.6 Å². The Morgan fingerprint density at radius 2 is 1.40 bits per heavy atom. The van der Waals surface area contributed by atoms with Gasteiger partial charge in [0.2, 0.25) is 5.91 Å². The van der Waals surface area contributed by atoms with Crippen LogP contribution < -0.4 is 5.32 Å². The standard InChI is InChI=1S/C34H44N6O5/c1-33(2,3)44-31(42)39-17-7-9-27(39)29-36-21-26(38-29)23-13-11-22(12-14-23)24-15-16-25(35-19-24)20-37-30(41)28-10-8-18-40(28)32(43)45-34(4,5)6/h11-16,19,21,27-28H,7-10,17-18,20H2,1-6H3,(H,36,38)(H,37,41). The number of nitrogens with zero attached hydrogens (tertiary/aromatic N) is 4. The number of benzene rings is 1. The van der Waals surface area contributed by atoms with Gasteiger partial charge in [0.1, 0.15) is 23.1 Å². The zero-order valence-corrected chi connectivity index (χ0v) is 27.1. The van der Waals surface area contributed by atoms with Crippen LogP contribution in [-0.4, -0.2) is 73.2 Å². The van der Waals surface area contributed by atoms with Gasteiger partial charge in [0.15, 0.2) is 0 Å². The second kappa shape index (κ2) is 12.9. The number of ether oxygens (including phenoxy) is 2. The Morgan fingerprint density at radius 1 is 0.800 bits per heavy atom. The summed E-state index contributed by atoms with van der Waals surface area (Å²) in [7, 11) is 0. The summed E-state index contributed by atoms with van der Waals surface area (Å²) in [4.78, 5) is 54.0. The number of nitrogens with one attached hydrogen (secondary N) is 2. The number of aromatic amines is 1. The molecule has 3 aromatic rings. The molecule has 2 N–H and O–H groups in total. The summed E-state index contributed by atoms with van der Waals surface area (Å²) in [6.07, 6.45) is 5.94. The Hall–Kier alpha value is -4.41. The van der Waals surface area contributed by atoms with Crippen LogP contribution in [0.2, 0.25) is 0 Å². The lowest BCUT2D eigenvalue weighted by Crippen LogP contribution is -2.47. The fourth-order valence-corrected chi connectivity index (χ4v) is 5.66. The number of amides is 3. The smallest absolute Gasteiger partial charge is 0.410 e. The third-order valence-corrected chi connectivity index (χ3v) is 7.77. The molecule has 4 heterocycles. The summed E-state index contributed by atoms with van der Waals surface area (Å²) in [6, 6.07) is 11.3. The maximum Gasteiger partial charge on any atom is 0.410 e. The molecular formula is C34H44N6O5. The van der Waals surface area contributed by atoms with Crippen molar-refractivity contribution in [1.29, 1.82) is 0 Å². The van der Waals surface area contributed by atoms with Crippen LogP contribution >= 0.6 is 0 Å². The van der Waals surface area contributed by atoms with E-state index in [1.165, 1.54) is 4.90 Å². The van der Waals surface area contributed by atoms with E-state index in [9.17, 15) is 14.4 Å². The lowest BCUT2D eigenvalue weighted by Gasteiger charge is -2.28. The van der Waals surface area contributed by atoms with E-state index in [2.05, 4.69) is 20.3 Å². The van der Waals surface area contributed by atoms with Crippen LogP contribution in [0.25, 0.3) is 22.4 Å². The van der Waals surface area contributed by atoms with Crippen LogP contribution in [0, 0.1) is 0 Å². The molecular weight excluding hydrogens is 572 g/mol. The topological polar surface area (TPSA) is 130 Å². The van der Waals surface area contributed by atoms with Gasteiger partial charge < -0.3 is 19.8 Å². The van der Waals surface area contributed by atoms with Gasteiger partial charge in [-0.05, 0) is 84.4 Å². The summed E-state index contributed by atoms with van der Waals surface area (Å²) in [6.45, 7) is 12.5. The zero-order chi connectivity index (χ0) is 32.4. The molecule has 0 aliphatic carbocycles. The number of carbonyl (C=O) groups excluding carboxylic acids is 3. The highest BCUT2D eigenvalue weighted by molar-refractivity contribution is 5.86. The first-order chi connectivity index (χ1) is 21.3. The van der Waals surface area contributed by atoms with Crippen molar-refractivity contribution < 1.29 is 23.9 Å². The average molecular weight is 617 g/mol. The third-order valence-electron chi connectivity index (χ3n) is 7.77. The van der Waals surface area contributed by atoms with Gasteiger partial charge >= 0.3 is 12.2 Å². The maximum absolute atomic E-state index is 12.9. The van der Waals surface area contributed by atoms with Crippen LogP contribution in [-0.2, 0) is 20.8 Å². The molecule has 0 radical (unpaired) electrons. The molecule has 11 nitrogen and oxygen atoms in total. The van der Waals surface area contributed by atoms with Gasteiger partial charge in [-0.25, -0.2) is 14.6 Å². The van der Waals surface area contributed by atoms with E-state index in [1.807, 2.05) is 77.9 Å². The molecule has 2 fully saturated rings. The Labute approximate surface area is 264 Å². The molecule has 3 amide bonds. The molecule has 1 aromatic carbocycles. The first kappa shape index (κ1) is 32.0. The van der Waals surface area contributed by atoms with Gasteiger partial charge in [-0.3, -0.25) is 19.6 Å². The van der Waals surface area contributed by atoms with E-state index in [0.717, 1.165) is 53.2 Å². The number of rotatable bonds is 6. The number of H-pyrrole nitrogens is 1. The van der Waals surface area contributed by atoms with Crippen molar-refractivity contribution in [3.63, 3.8) is 0 Å². The normalized spacial score (nSPS) is 18.6.